The average molecular weight is 172 g/mol. The Morgan fingerprint density at radius 2 is 1.58 bits per heavy atom. The molecule has 74 valence electrons. The van der Waals surface area contributed by atoms with E-state index in [1.54, 1.807) is 0 Å². The third-order valence-electron chi connectivity index (χ3n) is 2.84. The van der Waals surface area contributed by atoms with Crippen molar-refractivity contribution in [2.45, 2.75) is 64.9 Å². The third-order valence-corrected chi connectivity index (χ3v) is 2.84. The highest BCUT2D eigenvalue weighted by Crippen LogP contribution is 2.33. The molecule has 1 heteroatoms. The van der Waals surface area contributed by atoms with E-state index in [0.717, 1.165) is 0 Å². The molecule has 0 unspecified atom stereocenters. The molecule has 0 radical (unpaired) electrons. The summed E-state index contributed by atoms with van der Waals surface area (Å²) in [6.07, 6.45) is 7.87. The summed E-state index contributed by atoms with van der Waals surface area (Å²) in [5.74, 6) is 0. The van der Waals surface area contributed by atoms with E-state index in [9.17, 15) is 0 Å². The van der Waals surface area contributed by atoms with Crippen LogP contribution in [-0.4, -0.2) is 12.7 Å². The number of hydrogen-bond acceptors (Lipinski definition) is 1. The predicted octanol–water partition coefficient (Wildman–Crippen LogP) is 3.77. The summed E-state index contributed by atoms with van der Waals surface area (Å²) >= 11 is 0. The molecule has 0 aromatic rings. The summed E-state index contributed by atoms with van der Waals surface area (Å²) in [5, 5.41) is 0. The lowest BCUT2D eigenvalue weighted by molar-refractivity contribution is -0.0418. The van der Waals surface area contributed by atoms with Crippen LogP contribution in [0.15, 0.2) is 0 Å². The fourth-order valence-electron chi connectivity index (χ4n) is 1.90. The van der Waals surface area contributed by atoms with Crippen LogP contribution in [0.4, 0.5) is 0 Å². The van der Waals surface area contributed by atoms with Crippen LogP contribution in [0.5, 0.6) is 0 Å². The van der Waals surface area contributed by atoms with Crippen LogP contribution in [-0.2, 0) is 4.74 Å². The number of ether oxygens (including phenoxy) is 1. The Morgan fingerprint density at radius 1 is 1.08 bits per heavy atom. The van der Waals surface area contributed by atoms with Gasteiger partial charge in [0.2, 0.25) is 0 Å². The van der Waals surface area contributed by atoms with Gasteiger partial charge in [-0.25, -0.2) is 0 Å². The first-order valence-electron chi connectivity index (χ1n) is 5.38. The van der Waals surface area contributed by atoms with Gasteiger partial charge in [0, 0.05) is 7.11 Å². The fraction of sp³-hybridized carbons (Fsp3) is 1.00. The van der Waals surface area contributed by atoms with Crippen LogP contribution < -0.4 is 0 Å². The van der Waals surface area contributed by atoms with Gasteiger partial charge >= 0.3 is 0 Å². The van der Waals surface area contributed by atoms with Crippen molar-refractivity contribution in [2.24, 2.45) is 0 Å². The second kappa shape index (κ2) is 6.47. The Hall–Kier alpha value is -0.0400. The molecular formula is C11H24O. The SMILES string of the molecule is CC.CCC1(OC)CCCCC1. The van der Waals surface area contributed by atoms with Gasteiger partial charge in [0.05, 0.1) is 5.60 Å². The highest BCUT2D eigenvalue weighted by atomic mass is 16.5. The molecule has 0 aliphatic heterocycles. The summed E-state index contributed by atoms with van der Waals surface area (Å²) in [5.41, 5.74) is 0.262. The number of methoxy groups -OCH3 is 1. The lowest BCUT2D eigenvalue weighted by Crippen LogP contribution is -2.32. The van der Waals surface area contributed by atoms with E-state index in [2.05, 4.69) is 6.92 Å². The van der Waals surface area contributed by atoms with Crippen molar-refractivity contribution < 1.29 is 4.74 Å². The van der Waals surface area contributed by atoms with Gasteiger partial charge in [0.15, 0.2) is 0 Å². The monoisotopic (exact) mass is 172 g/mol. The molecule has 12 heavy (non-hydrogen) atoms. The Kier molecular flexibility index (Phi) is 6.45. The topological polar surface area (TPSA) is 9.23 Å². The molecule has 0 bridgehead atoms. The largest absolute Gasteiger partial charge is 0.378 e. The molecule has 0 aromatic heterocycles. The maximum absolute atomic E-state index is 5.53. The molecule has 0 heterocycles. The van der Waals surface area contributed by atoms with Crippen molar-refractivity contribution >= 4 is 0 Å². The minimum absolute atomic E-state index is 0.262. The van der Waals surface area contributed by atoms with Crippen LogP contribution in [0.2, 0.25) is 0 Å². The van der Waals surface area contributed by atoms with Gasteiger partial charge < -0.3 is 4.74 Å². The highest BCUT2D eigenvalue weighted by Gasteiger charge is 2.29. The Balaban J connectivity index is 0.000000561. The molecule has 0 amide bonds. The molecule has 1 nitrogen and oxygen atoms in total. The molecule has 1 aliphatic rings. The van der Waals surface area contributed by atoms with E-state index < -0.39 is 0 Å². The summed E-state index contributed by atoms with van der Waals surface area (Å²) in [6, 6.07) is 0. The van der Waals surface area contributed by atoms with Crippen molar-refractivity contribution in [3.8, 4) is 0 Å². The van der Waals surface area contributed by atoms with Gasteiger partial charge in [-0.2, -0.15) is 0 Å². The first-order valence-corrected chi connectivity index (χ1v) is 5.38. The molecular weight excluding hydrogens is 148 g/mol. The van der Waals surface area contributed by atoms with Gasteiger partial charge in [-0.15, -0.1) is 0 Å². The quantitative estimate of drug-likeness (QED) is 0.616. The molecule has 1 aliphatic carbocycles. The van der Waals surface area contributed by atoms with E-state index in [1.165, 1.54) is 38.5 Å². The van der Waals surface area contributed by atoms with Crippen LogP contribution in [0, 0.1) is 0 Å². The van der Waals surface area contributed by atoms with Crippen molar-refractivity contribution in [1.29, 1.82) is 0 Å². The molecule has 0 spiro atoms. The molecule has 1 rings (SSSR count). The van der Waals surface area contributed by atoms with Crippen molar-refractivity contribution in [3.63, 3.8) is 0 Å². The lowest BCUT2D eigenvalue weighted by atomic mass is 9.83. The van der Waals surface area contributed by atoms with Gasteiger partial charge in [-0.05, 0) is 19.3 Å². The second-order valence-corrected chi connectivity index (χ2v) is 3.30. The van der Waals surface area contributed by atoms with Crippen LogP contribution >= 0.6 is 0 Å². The average Bonchev–Trinajstić information content (AvgIpc) is 2.22. The summed E-state index contributed by atoms with van der Waals surface area (Å²) in [4.78, 5) is 0. The minimum atomic E-state index is 0.262. The van der Waals surface area contributed by atoms with Crippen molar-refractivity contribution in [1.82, 2.24) is 0 Å². The Labute approximate surface area is 77.5 Å². The lowest BCUT2D eigenvalue weighted by Gasteiger charge is -2.34. The van der Waals surface area contributed by atoms with E-state index in [0.29, 0.717) is 0 Å². The number of hydrogen-bond donors (Lipinski definition) is 0. The van der Waals surface area contributed by atoms with E-state index in [-0.39, 0.29) is 5.60 Å². The van der Waals surface area contributed by atoms with E-state index in [1.807, 2.05) is 21.0 Å². The molecule has 0 aromatic carbocycles. The molecule has 0 saturated heterocycles. The first kappa shape index (κ1) is 12.0. The van der Waals surface area contributed by atoms with Gasteiger partial charge in [0.1, 0.15) is 0 Å². The van der Waals surface area contributed by atoms with E-state index >= 15 is 0 Å². The zero-order chi connectivity index (χ0) is 9.45. The molecule has 1 fully saturated rings. The van der Waals surface area contributed by atoms with E-state index in [4.69, 9.17) is 4.74 Å². The number of rotatable bonds is 2. The fourth-order valence-corrected chi connectivity index (χ4v) is 1.90. The predicted molar refractivity (Wildman–Crippen MR) is 54.5 cm³/mol. The van der Waals surface area contributed by atoms with Gasteiger partial charge in [-0.3, -0.25) is 0 Å². The van der Waals surface area contributed by atoms with Gasteiger partial charge in [0.25, 0.3) is 0 Å². The maximum Gasteiger partial charge on any atom is 0.0676 e. The first-order chi connectivity index (χ1) is 5.83. The maximum atomic E-state index is 5.53. The van der Waals surface area contributed by atoms with Crippen LogP contribution in [0.3, 0.4) is 0 Å². The zero-order valence-corrected chi connectivity index (χ0v) is 9.15. The standard InChI is InChI=1S/C9H18O.C2H6/c1-3-9(10-2)7-5-4-6-8-9;1-2/h3-8H2,1-2H3;1-2H3. The summed E-state index contributed by atoms with van der Waals surface area (Å²) in [7, 11) is 1.86. The normalized spacial score (nSPS) is 21.0. The Bertz CT molecular complexity index is 87.2. The Morgan fingerprint density at radius 3 is 1.83 bits per heavy atom. The highest BCUT2D eigenvalue weighted by molar-refractivity contribution is 4.82. The summed E-state index contributed by atoms with van der Waals surface area (Å²) in [6.45, 7) is 6.23. The van der Waals surface area contributed by atoms with Crippen LogP contribution in [0.25, 0.3) is 0 Å². The van der Waals surface area contributed by atoms with Crippen LogP contribution in [0.1, 0.15) is 59.3 Å². The molecule has 0 N–H and O–H groups in total. The second-order valence-electron chi connectivity index (χ2n) is 3.30. The summed E-state index contributed by atoms with van der Waals surface area (Å²) < 4.78 is 5.53. The zero-order valence-electron chi connectivity index (χ0n) is 9.15. The van der Waals surface area contributed by atoms with Crippen molar-refractivity contribution in [2.75, 3.05) is 7.11 Å². The smallest absolute Gasteiger partial charge is 0.0676 e. The van der Waals surface area contributed by atoms with Crippen molar-refractivity contribution in [3.05, 3.63) is 0 Å². The van der Waals surface area contributed by atoms with Gasteiger partial charge in [-0.1, -0.05) is 40.0 Å². The molecule has 0 atom stereocenters. The molecule has 1 saturated carbocycles. The third kappa shape index (κ3) is 3.14. The minimum Gasteiger partial charge on any atom is -0.378 e.